The molecule has 0 aromatic carbocycles. The van der Waals surface area contributed by atoms with E-state index in [0.29, 0.717) is 29.9 Å². The van der Waals surface area contributed by atoms with Crippen LogP contribution in [0, 0.1) is 5.92 Å². The number of nitrogen functional groups attached to an aromatic ring is 1. The van der Waals surface area contributed by atoms with Crippen LogP contribution in [0.5, 0.6) is 5.88 Å². The number of hydrogen-bond acceptors (Lipinski definition) is 9. The van der Waals surface area contributed by atoms with Crippen molar-refractivity contribution in [3.05, 3.63) is 54.2 Å². The second-order valence-electron chi connectivity index (χ2n) is 9.73. The van der Waals surface area contributed by atoms with Crippen LogP contribution in [0.2, 0.25) is 0 Å². The number of amides is 1. The molecule has 4 heterocycles. The first-order chi connectivity index (χ1) is 17.7. The lowest BCUT2D eigenvalue weighted by Gasteiger charge is -2.29. The van der Waals surface area contributed by atoms with Crippen LogP contribution in [0.15, 0.2) is 53.7 Å². The Morgan fingerprint density at radius 1 is 1.08 bits per heavy atom. The maximum Gasteiger partial charge on any atom is 0.281 e. The summed E-state index contributed by atoms with van der Waals surface area (Å²) in [6.45, 7) is 4.82. The Bertz CT molecular complexity index is 1410. The van der Waals surface area contributed by atoms with E-state index in [-0.39, 0.29) is 31.3 Å². The lowest BCUT2D eigenvalue weighted by atomic mass is 10.1. The second-order valence-corrected chi connectivity index (χ2v) is 11.4. The van der Waals surface area contributed by atoms with E-state index in [9.17, 15) is 13.2 Å². The molecule has 3 aromatic rings. The molecule has 5 rings (SSSR count). The van der Waals surface area contributed by atoms with E-state index in [1.54, 1.807) is 18.3 Å². The minimum atomic E-state index is -4.23. The summed E-state index contributed by atoms with van der Waals surface area (Å²) >= 11 is 0. The van der Waals surface area contributed by atoms with Gasteiger partial charge in [-0.3, -0.25) is 4.79 Å². The van der Waals surface area contributed by atoms with Crippen LogP contribution >= 0.6 is 0 Å². The molecule has 1 aliphatic heterocycles. The van der Waals surface area contributed by atoms with Crippen molar-refractivity contribution in [2.45, 2.75) is 56.6 Å². The standard InChI is InChI=1S/C26H30N6O4S.2H2/c1-16-6-7-17(2)32(16)25-20(26(33)31-37(34,35)24-5-3-4-22(27)30-24)11-12-21(29-25)19-10-13-23(28-14-19)36-15-18-8-9-18;;/h3-5,10-14,16-18H,6-9,15H2,1-2H3,(H2,27,30)(H,31,33);2*1H/t16-,17+;;. The Labute approximate surface area is 219 Å². The predicted octanol–water partition coefficient (Wildman–Crippen LogP) is 3.90. The molecule has 2 fully saturated rings. The number of carbonyl (C=O) groups is 1. The maximum absolute atomic E-state index is 13.3. The van der Waals surface area contributed by atoms with E-state index in [4.69, 9.17) is 15.5 Å². The minimum absolute atomic E-state index is 0. The zero-order valence-electron chi connectivity index (χ0n) is 20.8. The van der Waals surface area contributed by atoms with Crippen LogP contribution in [0.25, 0.3) is 11.3 Å². The number of pyridine rings is 3. The Morgan fingerprint density at radius 3 is 2.49 bits per heavy atom. The van der Waals surface area contributed by atoms with E-state index in [1.807, 2.05) is 12.1 Å². The Hall–Kier alpha value is -3.73. The molecule has 2 aliphatic rings. The zero-order valence-corrected chi connectivity index (χ0v) is 21.6. The quantitative estimate of drug-likeness (QED) is 0.447. The van der Waals surface area contributed by atoms with Crippen LogP contribution in [0.3, 0.4) is 0 Å². The van der Waals surface area contributed by atoms with E-state index in [1.165, 1.54) is 31.0 Å². The molecule has 0 unspecified atom stereocenters. The topological polar surface area (TPSA) is 140 Å². The van der Waals surface area contributed by atoms with Gasteiger partial charge in [0.25, 0.3) is 15.9 Å². The summed E-state index contributed by atoms with van der Waals surface area (Å²) in [5.41, 5.74) is 7.18. The highest BCUT2D eigenvalue weighted by Crippen LogP contribution is 2.34. The Morgan fingerprint density at radius 2 is 1.84 bits per heavy atom. The molecule has 1 amide bonds. The summed E-state index contributed by atoms with van der Waals surface area (Å²) in [6.07, 6.45) is 5.98. The molecule has 11 heteroatoms. The molecule has 10 nitrogen and oxygen atoms in total. The normalized spacial score (nSPS) is 19.6. The molecule has 37 heavy (non-hydrogen) atoms. The first-order valence-corrected chi connectivity index (χ1v) is 13.9. The fourth-order valence-electron chi connectivity index (χ4n) is 4.51. The Balaban J connectivity index is 0.00000210. The van der Waals surface area contributed by atoms with Crippen molar-refractivity contribution < 1.29 is 20.8 Å². The van der Waals surface area contributed by atoms with Crippen molar-refractivity contribution in [2.24, 2.45) is 5.92 Å². The van der Waals surface area contributed by atoms with Crippen molar-refractivity contribution >= 4 is 27.6 Å². The SMILES string of the molecule is C[C@@H]1CC[C@H](C)N1c1nc(-c2ccc(OCC3CC3)nc2)ccc1C(=O)NS(=O)(=O)c1cccc(N)n1.[HH].[HH]. The summed E-state index contributed by atoms with van der Waals surface area (Å²) in [4.78, 5) is 28.4. The second kappa shape index (κ2) is 9.97. The maximum atomic E-state index is 13.3. The van der Waals surface area contributed by atoms with Crippen molar-refractivity contribution in [2.75, 3.05) is 17.2 Å². The van der Waals surface area contributed by atoms with Gasteiger partial charge in [-0.25, -0.2) is 19.7 Å². The van der Waals surface area contributed by atoms with Crippen molar-refractivity contribution in [3.63, 3.8) is 0 Å². The summed E-state index contributed by atoms with van der Waals surface area (Å²) in [7, 11) is -4.23. The highest BCUT2D eigenvalue weighted by molar-refractivity contribution is 7.90. The molecule has 1 saturated carbocycles. The van der Waals surface area contributed by atoms with Gasteiger partial charge in [-0.1, -0.05) is 6.07 Å². The summed E-state index contributed by atoms with van der Waals surface area (Å²) in [5, 5.41) is -0.329. The molecule has 3 N–H and O–H groups in total. The van der Waals surface area contributed by atoms with E-state index < -0.39 is 15.9 Å². The molecular formula is C26H34N6O4S. The van der Waals surface area contributed by atoms with Crippen LogP contribution in [0.1, 0.15) is 52.7 Å². The van der Waals surface area contributed by atoms with Crippen LogP contribution in [-0.2, 0) is 10.0 Å². The van der Waals surface area contributed by atoms with Crippen molar-refractivity contribution in [3.8, 4) is 17.1 Å². The molecule has 0 bridgehead atoms. The number of sulfonamides is 1. The largest absolute Gasteiger partial charge is 0.477 e. The summed E-state index contributed by atoms with van der Waals surface area (Å²) in [6, 6.07) is 11.5. The van der Waals surface area contributed by atoms with E-state index in [0.717, 1.165) is 18.4 Å². The number of hydrogen-bond donors (Lipinski definition) is 2. The third-order valence-electron chi connectivity index (χ3n) is 6.76. The molecule has 1 saturated heterocycles. The molecule has 0 spiro atoms. The van der Waals surface area contributed by atoms with Gasteiger partial charge in [0.2, 0.25) is 5.88 Å². The first-order valence-electron chi connectivity index (χ1n) is 12.4. The third kappa shape index (κ3) is 5.51. The van der Waals surface area contributed by atoms with Gasteiger partial charge in [0, 0.05) is 32.8 Å². The van der Waals surface area contributed by atoms with Crippen LogP contribution in [-0.4, -0.2) is 48.0 Å². The number of nitrogens with zero attached hydrogens (tertiary/aromatic N) is 4. The number of nitrogens with two attached hydrogens (primary N) is 1. The van der Waals surface area contributed by atoms with Gasteiger partial charge in [0.1, 0.15) is 11.6 Å². The number of nitrogens with one attached hydrogen (secondary N) is 1. The number of aromatic nitrogens is 3. The fraction of sp³-hybridized carbons (Fsp3) is 0.385. The zero-order chi connectivity index (χ0) is 26.2. The van der Waals surface area contributed by atoms with Gasteiger partial charge in [0.15, 0.2) is 5.03 Å². The van der Waals surface area contributed by atoms with Gasteiger partial charge >= 0.3 is 0 Å². The predicted molar refractivity (Wildman–Crippen MR) is 144 cm³/mol. The van der Waals surface area contributed by atoms with Crippen molar-refractivity contribution in [1.82, 2.24) is 19.7 Å². The average Bonchev–Trinajstić information content (AvgIpc) is 3.65. The number of ether oxygens (including phenoxy) is 1. The molecule has 1 aliphatic carbocycles. The lowest BCUT2D eigenvalue weighted by molar-refractivity contribution is 0.0981. The highest BCUT2D eigenvalue weighted by Gasteiger charge is 2.33. The van der Waals surface area contributed by atoms with E-state index >= 15 is 0 Å². The molecular weight excluding hydrogens is 492 g/mol. The smallest absolute Gasteiger partial charge is 0.281 e. The van der Waals surface area contributed by atoms with Gasteiger partial charge in [-0.2, -0.15) is 8.42 Å². The average molecular weight is 527 g/mol. The number of anilines is 2. The van der Waals surface area contributed by atoms with Crippen molar-refractivity contribution in [1.29, 1.82) is 0 Å². The molecule has 198 valence electrons. The summed E-state index contributed by atoms with van der Waals surface area (Å²) in [5.74, 6) is 0.879. The molecule has 2 atom stereocenters. The van der Waals surface area contributed by atoms with Crippen LogP contribution in [0.4, 0.5) is 11.6 Å². The molecule has 0 radical (unpaired) electrons. The van der Waals surface area contributed by atoms with E-state index in [2.05, 4.69) is 33.4 Å². The third-order valence-corrected chi connectivity index (χ3v) is 7.99. The first kappa shape index (κ1) is 24.9. The van der Waals surface area contributed by atoms with Gasteiger partial charge in [-0.15, -0.1) is 0 Å². The minimum Gasteiger partial charge on any atom is -0.477 e. The van der Waals surface area contributed by atoms with Gasteiger partial charge < -0.3 is 15.4 Å². The fourth-order valence-corrected chi connectivity index (χ4v) is 5.45. The number of rotatable bonds is 8. The van der Waals surface area contributed by atoms with Crippen LogP contribution < -0.4 is 20.1 Å². The molecule has 3 aromatic heterocycles. The monoisotopic (exact) mass is 526 g/mol. The van der Waals surface area contributed by atoms with Gasteiger partial charge in [-0.05, 0) is 75.8 Å². The highest BCUT2D eigenvalue weighted by atomic mass is 32.2. The van der Waals surface area contributed by atoms with Gasteiger partial charge in [0.05, 0.1) is 17.9 Å². The summed E-state index contributed by atoms with van der Waals surface area (Å²) < 4.78 is 33.5. The Kier molecular flexibility index (Phi) is 6.72. The number of carbonyl (C=O) groups excluding carboxylic acids is 1. The lowest BCUT2D eigenvalue weighted by Crippen LogP contribution is -2.37.